The molecule has 0 bridgehead atoms. The lowest BCUT2D eigenvalue weighted by Crippen LogP contribution is -2.11. The molecule has 0 radical (unpaired) electrons. The van der Waals surface area contributed by atoms with Crippen molar-refractivity contribution < 1.29 is 4.74 Å². The van der Waals surface area contributed by atoms with Gasteiger partial charge in [-0.25, -0.2) is 9.97 Å². The van der Waals surface area contributed by atoms with Gasteiger partial charge in [0, 0.05) is 30.1 Å². The molecule has 0 spiro atoms. The third kappa shape index (κ3) is 3.57. The summed E-state index contributed by atoms with van der Waals surface area (Å²) in [7, 11) is 0. The molecule has 1 atom stereocenters. The number of nitrogens with two attached hydrogens (primary N) is 1. The van der Waals surface area contributed by atoms with E-state index >= 15 is 0 Å². The fourth-order valence-electron chi connectivity index (χ4n) is 1.35. The number of hydrogen-bond donors (Lipinski definition) is 1. The Morgan fingerprint density at radius 1 is 1.53 bits per heavy atom. The number of ether oxygens (including phenoxy) is 1. The number of rotatable bonds is 5. The largest absolute Gasteiger partial charge is 0.373 e. The molecule has 1 aromatic rings. The second-order valence-corrected chi connectivity index (χ2v) is 3.67. The average molecular weight is 209 g/mol. The predicted molar refractivity (Wildman–Crippen MR) is 59.3 cm³/mol. The van der Waals surface area contributed by atoms with E-state index in [9.17, 15) is 0 Å². The van der Waals surface area contributed by atoms with Crippen molar-refractivity contribution in [2.24, 2.45) is 5.73 Å². The van der Waals surface area contributed by atoms with E-state index in [1.165, 1.54) is 0 Å². The molecule has 0 amide bonds. The van der Waals surface area contributed by atoms with Crippen LogP contribution in [0.2, 0.25) is 0 Å². The molecule has 1 heterocycles. The van der Waals surface area contributed by atoms with E-state index in [4.69, 9.17) is 10.5 Å². The summed E-state index contributed by atoms with van der Waals surface area (Å²) >= 11 is 0. The fraction of sp³-hybridized carbons (Fsp3) is 0.636. The van der Waals surface area contributed by atoms with E-state index in [0.717, 1.165) is 30.1 Å². The minimum absolute atomic E-state index is 0.0180. The van der Waals surface area contributed by atoms with Crippen LogP contribution in [0.25, 0.3) is 0 Å². The minimum Gasteiger partial charge on any atom is -0.373 e. The van der Waals surface area contributed by atoms with Crippen LogP contribution < -0.4 is 5.73 Å². The highest BCUT2D eigenvalue weighted by Gasteiger charge is 2.06. The molecule has 1 rings (SSSR count). The van der Waals surface area contributed by atoms with E-state index < -0.39 is 0 Å². The van der Waals surface area contributed by atoms with E-state index in [1.807, 2.05) is 13.8 Å². The molecule has 4 heteroatoms. The van der Waals surface area contributed by atoms with Crippen LogP contribution in [-0.4, -0.2) is 16.6 Å². The second-order valence-electron chi connectivity index (χ2n) is 3.67. The fourth-order valence-corrected chi connectivity index (χ4v) is 1.35. The highest BCUT2D eigenvalue weighted by molar-refractivity contribution is 5.19. The molecule has 84 valence electrons. The Bertz CT molecular complexity index is 313. The molecule has 4 nitrogen and oxygen atoms in total. The van der Waals surface area contributed by atoms with Crippen molar-refractivity contribution in [1.82, 2.24) is 9.97 Å². The van der Waals surface area contributed by atoms with Crippen LogP contribution in [0.4, 0.5) is 0 Å². The van der Waals surface area contributed by atoms with Gasteiger partial charge < -0.3 is 10.5 Å². The van der Waals surface area contributed by atoms with Gasteiger partial charge in [0.05, 0.1) is 0 Å². The Labute approximate surface area is 90.9 Å². The van der Waals surface area contributed by atoms with E-state index in [0.29, 0.717) is 6.61 Å². The van der Waals surface area contributed by atoms with Crippen molar-refractivity contribution in [3.63, 3.8) is 0 Å². The van der Waals surface area contributed by atoms with Gasteiger partial charge in [0.15, 0.2) is 5.82 Å². The zero-order valence-electron chi connectivity index (χ0n) is 9.66. The van der Waals surface area contributed by atoms with Gasteiger partial charge >= 0.3 is 0 Å². The standard InChI is InChI=1S/C11H19N3O/c1-4-5-15-7-11-13-6-10(8(2)12)9(3)14-11/h6,8H,4-5,7,12H2,1-3H3. The van der Waals surface area contributed by atoms with Crippen LogP contribution in [0, 0.1) is 6.92 Å². The van der Waals surface area contributed by atoms with Crippen LogP contribution in [-0.2, 0) is 11.3 Å². The highest BCUT2D eigenvalue weighted by atomic mass is 16.5. The smallest absolute Gasteiger partial charge is 0.154 e. The van der Waals surface area contributed by atoms with Crippen molar-refractivity contribution >= 4 is 0 Å². The summed E-state index contributed by atoms with van der Waals surface area (Å²) in [6.07, 6.45) is 2.80. The predicted octanol–water partition coefficient (Wildman–Crippen LogP) is 1.73. The molecule has 2 N–H and O–H groups in total. The van der Waals surface area contributed by atoms with Crippen LogP contribution in [0.3, 0.4) is 0 Å². The van der Waals surface area contributed by atoms with Crippen LogP contribution in [0.5, 0.6) is 0 Å². The summed E-state index contributed by atoms with van der Waals surface area (Å²) in [5.41, 5.74) is 7.71. The number of hydrogen-bond acceptors (Lipinski definition) is 4. The summed E-state index contributed by atoms with van der Waals surface area (Å²) in [4.78, 5) is 8.57. The number of nitrogens with zero attached hydrogens (tertiary/aromatic N) is 2. The Kier molecular flexibility index (Phi) is 4.65. The summed E-state index contributed by atoms with van der Waals surface area (Å²) in [5.74, 6) is 0.727. The first kappa shape index (κ1) is 12.1. The molecule has 0 fully saturated rings. The molecule has 0 aromatic carbocycles. The lowest BCUT2D eigenvalue weighted by atomic mass is 10.1. The van der Waals surface area contributed by atoms with Crippen molar-refractivity contribution in [1.29, 1.82) is 0 Å². The number of aromatic nitrogens is 2. The maximum atomic E-state index is 5.78. The first-order chi connectivity index (χ1) is 7.15. The second kappa shape index (κ2) is 5.78. The van der Waals surface area contributed by atoms with Crippen molar-refractivity contribution in [2.45, 2.75) is 39.8 Å². The van der Waals surface area contributed by atoms with E-state index in [1.54, 1.807) is 6.20 Å². The Hall–Kier alpha value is -1.00. The van der Waals surface area contributed by atoms with E-state index in [-0.39, 0.29) is 6.04 Å². The van der Waals surface area contributed by atoms with Crippen molar-refractivity contribution in [3.05, 3.63) is 23.3 Å². The molecule has 0 aliphatic rings. The summed E-state index contributed by atoms with van der Waals surface area (Å²) < 4.78 is 5.37. The molecule has 0 saturated carbocycles. The van der Waals surface area contributed by atoms with Gasteiger partial charge in [-0.1, -0.05) is 6.92 Å². The zero-order chi connectivity index (χ0) is 11.3. The van der Waals surface area contributed by atoms with Crippen LogP contribution >= 0.6 is 0 Å². The van der Waals surface area contributed by atoms with Gasteiger partial charge in [-0.2, -0.15) is 0 Å². The quantitative estimate of drug-likeness (QED) is 0.750. The molecule has 0 aliphatic carbocycles. The lowest BCUT2D eigenvalue weighted by Gasteiger charge is -2.09. The molecule has 1 aromatic heterocycles. The van der Waals surface area contributed by atoms with Gasteiger partial charge in [0.1, 0.15) is 6.61 Å². The van der Waals surface area contributed by atoms with Crippen LogP contribution in [0.15, 0.2) is 6.20 Å². The van der Waals surface area contributed by atoms with Crippen molar-refractivity contribution in [3.8, 4) is 0 Å². The number of aryl methyl sites for hydroxylation is 1. The molecule has 1 unspecified atom stereocenters. The summed E-state index contributed by atoms with van der Waals surface area (Å²) in [6, 6.07) is -0.0180. The normalized spacial score (nSPS) is 12.8. The SMILES string of the molecule is CCCOCc1ncc(C(C)N)c(C)n1. The summed E-state index contributed by atoms with van der Waals surface area (Å²) in [6.45, 7) is 7.18. The Balaban J connectivity index is 2.65. The first-order valence-corrected chi connectivity index (χ1v) is 5.31. The van der Waals surface area contributed by atoms with Gasteiger partial charge in [-0.3, -0.25) is 0 Å². The third-order valence-corrected chi connectivity index (χ3v) is 2.14. The average Bonchev–Trinajstić information content (AvgIpc) is 2.17. The van der Waals surface area contributed by atoms with Gasteiger partial charge in [-0.15, -0.1) is 0 Å². The topological polar surface area (TPSA) is 61.0 Å². The maximum absolute atomic E-state index is 5.78. The summed E-state index contributed by atoms with van der Waals surface area (Å²) in [5, 5.41) is 0. The minimum atomic E-state index is -0.0180. The first-order valence-electron chi connectivity index (χ1n) is 5.31. The molecule has 15 heavy (non-hydrogen) atoms. The van der Waals surface area contributed by atoms with E-state index in [2.05, 4.69) is 16.9 Å². The monoisotopic (exact) mass is 209 g/mol. The third-order valence-electron chi connectivity index (χ3n) is 2.14. The van der Waals surface area contributed by atoms with Gasteiger partial charge in [0.25, 0.3) is 0 Å². The van der Waals surface area contributed by atoms with Crippen LogP contribution in [0.1, 0.15) is 43.4 Å². The molecular weight excluding hydrogens is 190 g/mol. The van der Waals surface area contributed by atoms with Gasteiger partial charge in [-0.05, 0) is 20.3 Å². The molecule has 0 aliphatic heterocycles. The lowest BCUT2D eigenvalue weighted by molar-refractivity contribution is 0.116. The van der Waals surface area contributed by atoms with Crippen molar-refractivity contribution in [2.75, 3.05) is 6.61 Å². The highest BCUT2D eigenvalue weighted by Crippen LogP contribution is 2.11. The molecular formula is C11H19N3O. The maximum Gasteiger partial charge on any atom is 0.154 e. The molecule has 0 saturated heterocycles. The van der Waals surface area contributed by atoms with Gasteiger partial charge in [0.2, 0.25) is 0 Å². The Morgan fingerprint density at radius 3 is 2.80 bits per heavy atom. The Morgan fingerprint density at radius 2 is 2.27 bits per heavy atom. The zero-order valence-corrected chi connectivity index (χ0v) is 9.66.